The van der Waals surface area contributed by atoms with Gasteiger partial charge in [-0.3, -0.25) is 14.9 Å². The fourth-order valence-corrected chi connectivity index (χ4v) is 3.52. The molecule has 1 amide bonds. The van der Waals surface area contributed by atoms with Crippen LogP contribution in [-0.2, 0) is 9.53 Å². The fraction of sp³-hybridized carbons (Fsp3) is 0.381. The molecule has 2 aromatic rings. The molecule has 3 atom stereocenters. The molecule has 2 aromatic carbocycles. The number of nitro benzene ring substituents is 1. The van der Waals surface area contributed by atoms with Gasteiger partial charge in [-0.2, -0.15) is 0 Å². The average molecular weight is 416 g/mol. The first-order chi connectivity index (χ1) is 14.2. The fourth-order valence-electron chi connectivity index (χ4n) is 3.52. The lowest BCUT2D eigenvalue weighted by atomic mass is 10.1. The number of para-hydroxylation sites is 2. The first-order valence-electron chi connectivity index (χ1n) is 9.75. The molecule has 1 aliphatic heterocycles. The van der Waals surface area contributed by atoms with Gasteiger partial charge in [0, 0.05) is 24.8 Å². The lowest BCUT2D eigenvalue weighted by molar-refractivity contribution is -0.383. The van der Waals surface area contributed by atoms with E-state index in [0.29, 0.717) is 24.5 Å². The van der Waals surface area contributed by atoms with Gasteiger partial charge in [0.15, 0.2) is 0 Å². The van der Waals surface area contributed by atoms with Crippen molar-refractivity contribution in [1.29, 1.82) is 0 Å². The Hall–Kier alpha value is -3.20. The highest BCUT2D eigenvalue weighted by Gasteiger charge is 2.25. The van der Waals surface area contributed by atoms with E-state index in [-0.39, 0.29) is 23.6 Å². The van der Waals surface area contributed by atoms with E-state index in [9.17, 15) is 19.3 Å². The van der Waals surface area contributed by atoms with Crippen molar-refractivity contribution in [2.45, 2.75) is 39.0 Å². The largest absolute Gasteiger partial charge is 0.374 e. The molecule has 0 saturated carbocycles. The monoisotopic (exact) mass is 416 g/mol. The summed E-state index contributed by atoms with van der Waals surface area (Å²) in [6.07, 6.45) is 0.0217. The predicted octanol–water partition coefficient (Wildman–Crippen LogP) is 3.79. The van der Waals surface area contributed by atoms with Crippen molar-refractivity contribution in [1.82, 2.24) is 0 Å². The molecule has 1 fully saturated rings. The van der Waals surface area contributed by atoms with Crippen molar-refractivity contribution in [3.05, 3.63) is 58.4 Å². The Bertz CT molecular complexity index is 929. The number of hydrogen-bond acceptors (Lipinski definition) is 6. The summed E-state index contributed by atoms with van der Waals surface area (Å²) >= 11 is 0. The van der Waals surface area contributed by atoms with Crippen LogP contribution in [0.4, 0.5) is 27.1 Å². The number of carbonyl (C=O) groups is 1. The van der Waals surface area contributed by atoms with Gasteiger partial charge < -0.3 is 20.3 Å². The Kier molecular flexibility index (Phi) is 6.51. The maximum absolute atomic E-state index is 14.7. The van der Waals surface area contributed by atoms with E-state index < -0.39 is 22.7 Å². The Morgan fingerprint density at radius 2 is 1.90 bits per heavy atom. The highest BCUT2D eigenvalue weighted by atomic mass is 19.1. The third-order valence-electron chi connectivity index (χ3n) is 4.84. The van der Waals surface area contributed by atoms with Crippen molar-refractivity contribution >= 4 is 28.7 Å². The van der Waals surface area contributed by atoms with Crippen LogP contribution in [0, 0.1) is 15.9 Å². The van der Waals surface area contributed by atoms with Crippen LogP contribution < -0.4 is 15.5 Å². The maximum atomic E-state index is 14.7. The third kappa shape index (κ3) is 5.04. The molecule has 30 heavy (non-hydrogen) atoms. The minimum atomic E-state index is -0.738. The minimum absolute atomic E-state index is 0.0108. The van der Waals surface area contributed by atoms with Crippen LogP contribution in [0.3, 0.4) is 0 Å². The van der Waals surface area contributed by atoms with Crippen LogP contribution in [0.2, 0.25) is 0 Å². The quantitative estimate of drug-likeness (QED) is 0.549. The van der Waals surface area contributed by atoms with Gasteiger partial charge >= 0.3 is 0 Å². The number of benzene rings is 2. The van der Waals surface area contributed by atoms with E-state index in [1.165, 1.54) is 24.3 Å². The summed E-state index contributed by atoms with van der Waals surface area (Å²) in [6.45, 7) is 6.70. The number of nitrogens with zero attached hydrogens (tertiary/aromatic N) is 2. The Balaban J connectivity index is 1.67. The number of rotatable bonds is 6. The number of amides is 1. The Labute approximate surface area is 174 Å². The van der Waals surface area contributed by atoms with Gasteiger partial charge in [0.2, 0.25) is 5.91 Å². The van der Waals surface area contributed by atoms with Crippen LogP contribution >= 0.6 is 0 Å². The molecule has 0 aliphatic carbocycles. The van der Waals surface area contributed by atoms with Gasteiger partial charge in [-0.15, -0.1) is 0 Å². The number of morpholine rings is 1. The third-order valence-corrected chi connectivity index (χ3v) is 4.84. The number of carbonyl (C=O) groups excluding carboxylic acids is 1. The van der Waals surface area contributed by atoms with E-state index >= 15 is 0 Å². The zero-order valence-corrected chi connectivity index (χ0v) is 17.1. The minimum Gasteiger partial charge on any atom is -0.374 e. The average Bonchev–Trinajstić information content (AvgIpc) is 2.67. The molecule has 0 aromatic heterocycles. The zero-order chi connectivity index (χ0) is 21.8. The number of nitro groups is 1. The van der Waals surface area contributed by atoms with Crippen LogP contribution in [-0.4, -0.2) is 42.2 Å². The van der Waals surface area contributed by atoms with Crippen molar-refractivity contribution in [2.24, 2.45) is 0 Å². The van der Waals surface area contributed by atoms with E-state index in [1.54, 1.807) is 25.1 Å². The van der Waals surface area contributed by atoms with Gasteiger partial charge in [0.25, 0.3) is 5.69 Å². The highest BCUT2D eigenvalue weighted by molar-refractivity contribution is 5.98. The number of nitrogens with one attached hydrogen (secondary N) is 2. The number of ether oxygens (including phenoxy) is 1. The summed E-state index contributed by atoms with van der Waals surface area (Å²) in [5, 5.41) is 16.6. The van der Waals surface area contributed by atoms with Crippen molar-refractivity contribution < 1.29 is 18.8 Å². The van der Waals surface area contributed by atoms with Gasteiger partial charge in [0.05, 0.1) is 22.8 Å². The highest BCUT2D eigenvalue weighted by Crippen LogP contribution is 2.27. The molecule has 9 heteroatoms. The second-order valence-electron chi connectivity index (χ2n) is 7.46. The van der Waals surface area contributed by atoms with E-state index in [2.05, 4.69) is 10.6 Å². The molecule has 1 heterocycles. The zero-order valence-electron chi connectivity index (χ0n) is 17.1. The van der Waals surface area contributed by atoms with E-state index in [1.807, 2.05) is 18.7 Å². The standard InChI is InChI=1S/C21H25FN4O4/c1-13-11-25(12-14(2)30-13)19-9-8-16(10-17(19)22)23-15(3)21(27)24-18-6-4-5-7-20(18)26(28)29/h4-10,13-15,23H,11-12H2,1-3H3,(H,24,27). The molecular formula is C21H25FN4O4. The number of halogens is 1. The summed E-state index contributed by atoms with van der Waals surface area (Å²) in [4.78, 5) is 24.9. The van der Waals surface area contributed by atoms with Gasteiger partial charge in [-0.05, 0) is 45.0 Å². The van der Waals surface area contributed by atoms with Gasteiger partial charge in [0.1, 0.15) is 17.5 Å². The first-order valence-corrected chi connectivity index (χ1v) is 9.75. The second-order valence-corrected chi connectivity index (χ2v) is 7.46. The van der Waals surface area contributed by atoms with Crippen molar-refractivity contribution in [3.63, 3.8) is 0 Å². The second kappa shape index (κ2) is 9.08. The summed E-state index contributed by atoms with van der Waals surface area (Å²) in [7, 11) is 0. The summed E-state index contributed by atoms with van der Waals surface area (Å²) in [5.41, 5.74) is 0.844. The summed E-state index contributed by atoms with van der Waals surface area (Å²) in [6, 6.07) is 9.88. The number of anilines is 3. The molecular weight excluding hydrogens is 391 g/mol. The van der Waals surface area contributed by atoms with Gasteiger partial charge in [-0.25, -0.2) is 4.39 Å². The normalized spacial score (nSPS) is 19.8. The van der Waals surface area contributed by atoms with Gasteiger partial charge in [-0.1, -0.05) is 12.1 Å². The Morgan fingerprint density at radius 1 is 1.23 bits per heavy atom. The molecule has 1 aliphatic rings. The molecule has 2 N–H and O–H groups in total. The molecule has 1 saturated heterocycles. The lowest BCUT2D eigenvalue weighted by Crippen LogP contribution is -2.45. The van der Waals surface area contributed by atoms with Crippen LogP contribution in [0.1, 0.15) is 20.8 Å². The SMILES string of the molecule is CC1CN(c2ccc(NC(C)C(=O)Nc3ccccc3[N+](=O)[O-])cc2F)CC(C)O1. The Morgan fingerprint density at radius 3 is 2.53 bits per heavy atom. The van der Waals surface area contributed by atoms with E-state index in [0.717, 1.165) is 0 Å². The van der Waals surface area contributed by atoms with Crippen molar-refractivity contribution in [2.75, 3.05) is 28.6 Å². The van der Waals surface area contributed by atoms with Crippen LogP contribution in [0.15, 0.2) is 42.5 Å². The predicted molar refractivity (Wildman–Crippen MR) is 113 cm³/mol. The number of hydrogen-bond donors (Lipinski definition) is 2. The molecule has 0 radical (unpaired) electrons. The molecule has 3 rings (SSSR count). The molecule has 0 spiro atoms. The summed E-state index contributed by atoms with van der Waals surface area (Å²) < 4.78 is 20.4. The lowest BCUT2D eigenvalue weighted by Gasteiger charge is -2.37. The smallest absolute Gasteiger partial charge is 0.292 e. The maximum Gasteiger partial charge on any atom is 0.292 e. The van der Waals surface area contributed by atoms with Crippen LogP contribution in [0.5, 0.6) is 0 Å². The topological polar surface area (TPSA) is 96.7 Å². The van der Waals surface area contributed by atoms with Crippen LogP contribution in [0.25, 0.3) is 0 Å². The molecule has 8 nitrogen and oxygen atoms in total. The molecule has 0 bridgehead atoms. The van der Waals surface area contributed by atoms with Crippen molar-refractivity contribution in [3.8, 4) is 0 Å². The van der Waals surface area contributed by atoms with E-state index in [4.69, 9.17) is 4.74 Å². The first kappa shape index (κ1) is 21.5. The molecule has 3 unspecified atom stereocenters. The summed E-state index contributed by atoms with van der Waals surface area (Å²) in [5.74, 6) is -0.864. The molecule has 160 valence electrons.